The SMILES string of the molecule is COc1cccc(OC)c1C([O-])=PCC(C)C. The number of rotatable bonds is 5. The van der Waals surface area contributed by atoms with E-state index in [0.29, 0.717) is 23.0 Å². The third-order valence-electron chi connectivity index (χ3n) is 2.24. The first-order valence-corrected chi connectivity index (χ1v) is 6.61. The molecule has 0 unspecified atom stereocenters. The van der Waals surface area contributed by atoms with E-state index in [4.69, 9.17) is 9.47 Å². The molecule has 0 fully saturated rings. The van der Waals surface area contributed by atoms with Crippen LogP contribution in [-0.2, 0) is 0 Å². The lowest BCUT2D eigenvalue weighted by molar-refractivity contribution is -0.207. The number of methoxy groups -OCH3 is 2. The van der Waals surface area contributed by atoms with Gasteiger partial charge in [-0.25, -0.2) is 0 Å². The predicted molar refractivity (Wildman–Crippen MR) is 70.3 cm³/mol. The summed E-state index contributed by atoms with van der Waals surface area (Å²) in [6.07, 6.45) is 0.847. The highest BCUT2D eigenvalue weighted by Crippen LogP contribution is 2.29. The highest BCUT2D eigenvalue weighted by atomic mass is 31.1. The van der Waals surface area contributed by atoms with Crippen molar-refractivity contribution >= 4 is 13.7 Å². The van der Waals surface area contributed by atoms with Gasteiger partial charge in [0, 0.05) is 5.56 Å². The van der Waals surface area contributed by atoms with Gasteiger partial charge < -0.3 is 14.6 Å². The molecule has 94 valence electrons. The van der Waals surface area contributed by atoms with E-state index in [1.807, 2.05) is 6.07 Å². The zero-order chi connectivity index (χ0) is 12.8. The Labute approximate surface area is 104 Å². The van der Waals surface area contributed by atoms with Gasteiger partial charge in [0.15, 0.2) is 0 Å². The Kier molecular flexibility index (Phi) is 5.46. The van der Waals surface area contributed by atoms with E-state index < -0.39 is 0 Å². The summed E-state index contributed by atoms with van der Waals surface area (Å²) in [5.41, 5.74) is 0.591. The van der Waals surface area contributed by atoms with E-state index in [0.717, 1.165) is 14.4 Å². The van der Waals surface area contributed by atoms with Gasteiger partial charge in [0.1, 0.15) is 11.5 Å². The van der Waals surface area contributed by atoms with Gasteiger partial charge >= 0.3 is 0 Å². The van der Waals surface area contributed by atoms with Gasteiger partial charge in [0.25, 0.3) is 0 Å². The molecule has 0 aromatic heterocycles. The molecule has 0 amide bonds. The summed E-state index contributed by atoms with van der Waals surface area (Å²) in [5.74, 6) is 1.65. The quantitative estimate of drug-likeness (QED) is 0.755. The van der Waals surface area contributed by atoms with Gasteiger partial charge in [-0.3, -0.25) is 0 Å². The topological polar surface area (TPSA) is 41.5 Å². The summed E-state index contributed by atoms with van der Waals surface area (Å²) in [6.45, 7) is 4.19. The zero-order valence-corrected chi connectivity index (χ0v) is 11.6. The minimum Gasteiger partial charge on any atom is -0.823 e. The van der Waals surface area contributed by atoms with Crippen molar-refractivity contribution in [3.05, 3.63) is 23.8 Å². The standard InChI is InChI=1S/C13H19O3P/c1-9(2)8-17-13(14)12-10(15-3)6-5-7-11(12)16-4/h5-7,9,14H,8H2,1-4H3/p-1. The molecule has 0 N–H and O–H groups in total. The van der Waals surface area contributed by atoms with Gasteiger partial charge in [-0.15, -0.1) is 13.7 Å². The third-order valence-corrected chi connectivity index (χ3v) is 3.67. The summed E-state index contributed by atoms with van der Waals surface area (Å²) in [6, 6.07) is 5.37. The van der Waals surface area contributed by atoms with Crippen molar-refractivity contribution < 1.29 is 14.6 Å². The molecule has 4 heteroatoms. The molecule has 0 aliphatic carbocycles. The van der Waals surface area contributed by atoms with Crippen LogP contribution in [0.25, 0.3) is 0 Å². The predicted octanol–water partition coefficient (Wildman–Crippen LogP) is 2.14. The largest absolute Gasteiger partial charge is 0.823 e. The van der Waals surface area contributed by atoms with Crippen LogP contribution in [0, 0.1) is 5.92 Å². The van der Waals surface area contributed by atoms with Gasteiger partial charge in [-0.1, -0.05) is 19.9 Å². The average Bonchev–Trinajstić information content (AvgIpc) is 2.34. The van der Waals surface area contributed by atoms with Crippen molar-refractivity contribution in [3.63, 3.8) is 0 Å². The number of benzene rings is 1. The average molecular weight is 253 g/mol. The Hall–Kier alpha value is -1.05. The van der Waals surface area contributed by atoms with E-state index in [2.05, 4.69) is 13.8 Å². The molecule has 0 saturated heterocycles. The molecular weight excluding hydrogens is 235 g/mol. The Morgan fingerprint density at radius 2 is 1.76 bits per heavy atom. The molecule has 0 atom stereocenters. The van der Waals surface area contributed by atoms with Crippen LogP contribution in [0.1, 0.15) is 19.4 Å². The van der Waals surface area contributed by atoms with E-state index >= 15 is 0 Å². The lowest BCUT2D eigenvalue weighted by atomic mass is 10.2. The maximum atomic E-state index is 12.1. The monoisotopic (exact) mass is 253 g/mol. The second-order valence-electron chi connectivity index (χ2n) is 4.08. The van der Waals surface area contributed by atoms with Crippen LogP contribution in [0.3, 0.4) is 0 Å². The van der Waals surface area contributed by atoms with Crippen LogP contribution in [0.15, 0.2) is 18.2 Å². The lowest BCUT2D eigenvalue weighted by Crippen LogP contribution is -2.19. The fraction of sp³-hybridized carbons (Fsp3) is 0.462. The summed E-state index contributed by atoms with van der Waals surface area (Å²) < 4.78 is 10.4. The fourth-order valence-corrected chi connectivity index (χ4v) is 2.32. The molecule has 0 aliphatic rings. The molecule has 1 aromatic rings. The Morgan fingerprint density at radius 1 is 1.24 bits per heavy atom. The van der Waals surface area contributed by atoms with Gasteiger partial charge in [0.05, 0.1) is 14.2 Å². The van der Waals surface area contributed by atoms with Crippen LogP contribution in [0.4, 0.5) is 0 Å². The molecule has 0 heterocycles. The first-order chi connectivity index (χ1) is 8.10. The Balaban J connectivity index is 3.13. The fourth-order valence-electron chi connectivity index (χ4n) is 1.41. The summed E-state index contributed by atoms with van der Waals surface area (Å²) in [7, 11) is 3.90. The minimum absolute atomic E-state index is 0.0491. The lowest BCUT2D eigenvalue weighted by Gasteiger charge is -2.19. The number of hydrogen-bond acceptors (Lipinski definition) is 3. The molecular formula is C13H18O3P-. The van der Waals surface area contributed by atoms with Crippen LogP contribution in [0.2, 0.25) is 0 Å². The van der Waals surface area contributed by atoms with Gasteiger partial charge in [-0.2, -0.15) is 0 Å². The van der Waals surface area contributed by atoms with E-state index in [1.165, 1.54) is 0 Å². The molecule has 0 aliphatic heterocycles. The maximum absolute atomic E-state index is 12.1. The highest BCUT2D eigenvalue weighted by molar-refractivity contribution is 7.40. The van der Waals surface area contributed by atoms with Crippen LogP contribution >= 0.6 is 8.20 Å². The van der Waals surface area contributed by atoms with Crippen molar-refractivity contribution in [2.75, 3.05) is 20.4 Å². The molecule has 0 saturated carbocycles. The summed E-state index contributed by atoms with van der Waals surface area (Å²) in [5, 5.41) is 12.1. The van der Waals surface area contributed by atoms with E-state index in [-0.39, 0.29) is 5.48 Å². The minimum atomic E-state index is 0.0491. The Morgan fingerprint density at radius 3 is 2.18 bits per heavy atom. The highest BCUT2D eigenvalue weighted by Gasteiger charge is 2.08. The van der Waals surface area contributed by atoms with Crippen molar-refractivity contribution in [2.24, 2.45) is 5.92 Å². The van der Waals surface area contributed by atoms with Crippen molar-refractivity contribution in [1.29, 1.82) is 0 Å². The molecule has 0 radical (unpaired) electrons. The first-order valence-electron chi connectivity index (χ1n) is 5.53. The van der Waals surface area contributed by atoms with Crippen LogP contribution in [0.5, 0.6) is 11.5 Å². The van der Waals surface area contributed by atoms with Gasteiger partial charge in [0.2, 0.25) is 0 Å². The zero-order valence-electron chi connectivity index (χ0n) is 10.7. The van der Waals surface area contributed by atoms with Crippen LogP contribution < -0.4 is 14.6 Å². The van der Waals surface area contributed by atoms with E-state index in [1.54, 1.807) is 26.4 Å². The molecule has 0 spiro atoms. The molecule has 0 bridgehead atoms. The van der Waals surface area contributed by atoms with Crippen molar-refractivity contribution in [2.45, 2.75) is 13.8 Å². The maximum Gasteiger partial charge on any atom is 0.129 e. The second-order valence-corrected chi connectivity index (χ2v) is 5.16. The van der Waals surface area contributed by atoms with Crippen molar-refractivity contribution in [1.82, 2.24) is 0 Å². The normalized spacial score (nSPS) is 11.8. The molecule has 3 nitrogen and oxygen atoms in total. The first kappa shape index (κ1) is 14.0. The Bertz CT molecular complexity index is 377. The number of hydrogen-bond donors (Lipinski definition) is 0. The second kappa shape index (κ2) is 6.63. The molecule has 17 heavy (non-hydrogen) atoms. The summed E-state index contributed by atoms with van der Waals surface area (Å²) >= 11 is 0. The smallest absolute Gasteiger partial charge is 0.129 e. The van der Waals surface area contributed by atoms with Crippen molar-refractivity contribution in [3.8, 4) is 11.5 Å². The molecule has 1 aromatic carbocycles. The van der Waals surface area contributed by atoms with Crippen LogP contribution in [-0.4, -0.2) is 25.9 Å². The number of ether oxygens (including phenoxy) is 2. The van der Waals surface area contributed by atoms with E-state index in [9.17, 15) is 5.11 Å². The summed E-state index contributed by atoms with van der Waals surface area (Å²) in [4.78, 5) is 0. The molecule has 1 rings (SSSR count). The third kappa shape index (κ3) is 3.72. The van der Waals surface area contributed by atoms with Gasteiger partial charge in [-0.05, 0) is 24.2 Å².